The molecular weight excluding hydrogens is 296 g/mol. The van der Waals surface area contributed by atoms with Gasteiger partial charge in [-0.2, -0.15) is 0 Å². The van der Waals surface area contributed by atoms with Crippen molar-refractivity contribution in [2.75, 3.05) is 13.2 Å². The second-order valence-corrected chi connectivity index (χ2v) is 6.38. The molecule has 1 amide bonds. The Kier molecular flexibility index (Phi) is 4.38. The van der Waals surface area contributed by atoms with Gasteiger partial charge in [0.25, 0.3) is 5.91 Å². The summed E-state index contributed by atoms with van der Waals surface area (Å²) in [7, 11) is -3.94. The first kappa shape index (κ1) is 15.6. The van der Waals surface area contributed by atoms with Crippen LogP contribution in [0, 0.1) is 0 Å². The molecule has 0 spiro atoms. The Morgan fingerprint density at radius 3 is 2.67 bits per heavy atom. The first-order valence-electron chi connectivity index (χ1n) is 6.60. The van der Waals surface area contributed by atoms with Crippen molar-refractivity contribution < 1.29 is 22.7 Å². The van der Waals surface area contributed by atoms with Gasteiger partial charge in [0.2, 0.25) is 10.0 Å². The van der Waals surface area contributed by atoms with Gasteiger partial charge in [0.1, 0.15) is 13.2 Å². The topological polar surface area (TPSA) is 108 Å². The van der Waals surface area contributed by atoms with Crippen molar-refractivity contribution in [1.82, 2.24) is 5.32 Å². The van der Waals surface area contributed by atoms with Crippen LogP contribution in [0.4, 0.5) is 0 Å². The number of sulfonamides is 1. The molecule has 0 aromatic heterocycles. The predicted molar refractivity (Wildman–Crippen MR) is 76.0 cm³/mol. The molecule has 0 fully saturated rings. The Morgan fingerprint density at radius 1 is 1.38 bits per heavy atom. The van der Waals surface area contributed by atoms with Gasteiger partial charge in [-0.1, -0.05) is 6.92 Å². The van der Waals surface area contributed by atoms with Crippen molar-refractivity contribution in [2.24, 2.45) is 5.14 Å². The van der Waals surface area contributed by atoms with E-state index >= 15 is 0 Å². The van der Waals surface area contributed by atoms with E-state index in [4.69, 9.17) is 14.6 Å². The molecule has 3 N–H and O–H groups in total. The van der Waals surface area contributed by atoms with Gasteiger partial charge in [0, 0.05) is 12.1 Å². The Hall–Kier alpha value is -1.80. The fraction of sp³-hybridized carbons (Fsp3) is 0.462. The molecule has 0 aliphatic carbocycles. The molecule has 2 rings (SSSR count). The quantitative estimate of drug-likeness (QED) is 0.847. The number of carbonyl (C=O) groups is 1. The number of nitrogens with two attached hydrogens (primary N) is 1. The molecule has 1 aromatic rings. The van der Waals surface area contributed by atoms with Crippen molar-refractivity contribution in [3.8, 4) is 11.5 Å². The number of carbonyl (C=O) groups excluding carboxylic acids is 1. The summed E-state index contributed by atoms with van der Waals surface area (Å²) in [6, 6.07) is 2.43. The minimum Gasteiger partial charge on any atom is -0.486 e. The molecule has 0 saturated carbocycles. The monoisotopic (exact) mass is 314 g/mol. The minimum absolute atomic E-state index is 0.0456. The highest BCUT2D eigenvalue weighted by Crippen LogP contribution is 2.36. The lowest BCUT2D eigenvalue weighted by molar-refractivity contribution is 0.0927. The highest BCUT2D eigenvalue weighted by Gasteiger charge is 2.25. The number of benzene rings is 1. The molecule has 0 bridgehead atoms. The summed E-state index contributed by atoms with van der Waals surface area (Å²) in [5, 5.41) is 7.90. The lowest BCUT2D eigenvalue weighted by atomic mass is 10.1. The number of fused-ring (bicyclic) bond motifs is 1. The van der Waals surface area contributed by atoms with Crippen LogP contribution in [-0.4, -0.2) is 33.6 Å². The van der Waals surface area contributed by atoms with E-state index in [-0.39, 0.29) is 34.6 Å². The smallest absolute Gasteiger partial charge is 0.255 e. The average Bonchev–Trinajstić information content (AvgIpc) is 2.44. The molecule has 1 unspecified atom stereocenters. The van der Waals surface area contributed by atoms with Gasteiger partial charge in [0.05, 0.1) is 10.5 Å². The van der Waals surface area contributed by atoms with Gasteiger partial charge in [-0.15, -0.1) is 0 Å². The summed E-state index contributed by atoms with van der Waals surface area (Å²) in [6.07, 6.45) is 0.750. The molecule has 1 aliphatic rings. The second kappa shape index (κ2) is 5.90. The molecule has 1 aromatic carbocycles. The van der Waals surface area contributed by atoms with E-state index in [1.54, 1.807) is 0 Å². The van der Waals surface area contributed by atoms with E-state index < -0.39 is 15.9 Å². The van der Waals surface area contributed by atoms with Crippen LogP contribution < -0.4 is 19.9 Å². The summed E-state index contributed by atoms with van der Waals surface area (Å²) in [4.78, 5) is 12.1. The van der Waals surface area contributed by atoms with Crippen LogP contribution in [0.5, 0.6) is 11.5 Å². The third-order valence-corrected chi connectivity index (χ3v) is 4.07. The Morgan fingerprint density at radius 2 is 2.05 bits per heavy atom. The van der Waals surface area contributed by atoms with E-state index in [0.29, 0.717) is 6.61 Å². The zero-order chi connectivity index (χ0) is 15.6. The van der Waals surface area contributed by atoms with Gasteiger partial charge in [-0.25, -0.2) is 13.6 Å². The van der Waals surface area contributed by atoms with Crippen molar-refractivity contribution in [2.45, 2.75) is 31.2 Å². The first-order valence-corrected chi connectivity index (χ1v) is 8.15. The van der Waals surface area contributed by atoms with Crippen LogP contribution >= 0.6 is 0 Å². The summed E-state index contributed by atoms with van der Waals surface area (Å²) in [5.74, 6) is 0.0353. The van der Waals surface area contributed by atoms with Gasteiger partial charge in [0.15, 0.2) is 11.5 Å². The number of hydrogen-bond donors (Lipinski definition) is 2. The molecule has 0 saturated heterocycles. The molecular formula is C13H18N2O5S. The fourth-order valence-electron chi connectivity index (χ4n) is 1.86. The molecule has 116 valence electrons. The summed E-state index contributed by atoms with van der Waals surface area (Å²) >= 11 is 0. The fourth-order valence-corrected chi connectivity index (χ4v) is 2.42. The van der Waals surface area contributed by atoms with E-state index in [2.05, 4.69) is 5.32 Å². The SMILES string of the molecule is CCC(C)NC(=O)c1cc(S(N)(=O)=O)cc2c1OCCO2. The average molecular weight is 314 g/mol. The number of ether oxygens (including phenoxy) is 2. The Balaban J connectivity index is 2.50. The van der Waals surface area contributed by atoms with Crippen LogP contribution in [0.3, 0.4) is 0 Å². The molecule has 0 radical (unpaired) electrons. The zero-order valence-corrected chi connectivity index (χ0v) is 12.7. The number of hydrogen-bond acceptors (Lipinski definition) is 5. The van der Waals surface area contributed by atoms with E-state index in [1.807, 2.05) is 13.8 Å². The number of rotatable bonds is 4. The largest absolute Gasteiger partial charge is 0.486 e. The van der Waals surface area contributed by atoms with E-state index in [0.717, 1.165) is 6.42 Å². The maximum absolute atomic E-state index is 12.3. The predicted octanol–water partition coefficient (Wildman–Crippen LogP) is 0.634. The van der Waals surface area contributed by atoms with Crippen LogP contribution in [0.1, 0.15) is 30.6 Å². The van der Waals surface area contributed by atoms with Crippen LogP contribution in [0.25, 0.3) is 0 Å². The summed E-state index contributed by atoms with van der Waals surface area (Å²) in [6.45, 7) is 4.37. The minimum atomic E-state index is -3.94. The number of primary sulfonamides is 1. The van der Waals surface area contributed by atoms with Gasteiger partial charge in [-0.3, -0.25) is 4.79 Å². The molecule has 21 heavy (non-hydrogen) atoms. The van der Waals surface area contributed by atoms with Crippen LogP contribution in [-0.2, 0) is 10.0 Å². The highest BCUT2D eigenvalue weighted by atomic mass is 32.2. The second-order valence-electron chi connectivity index (χ2n) is 4.82. The third kappa shape index (κ3) is 3.45. The number of amides is 1. The van der Waals surface area contributed by atoms with Crippen molar-refractivity contribution >= 4 is 15.9 Å². The highest BCUT2D eigenvalue weighted by molar-refractivity contribution is 7.89. The van der Waals surface area contributed by atoms with Crippen LogP contribution in [0.2, 0.25) is 0 Å². The molecule has 7 nitrogen and oxygen atoms in total. The number of nitrogens with one attached hydrogen (secondary N) is 1. The third-order valence-electron chi connectivity index (χ3n) is 3.18. The van der Waals surface area contributed by atoms with Crippen molar-refractivity contribution in [3.05, 3.63) is 17.7 Å². The van der Waals surface area contributed by atoms with Crippen molar-refractivity contribution in [1.29, 1.82) is 0 Å². The van der Waals surface area contributed by atoms with Crippen molar-refractivity contribution in [3.63, 3.8) is 0 Å². The molecule has 1 heterocycles. The molecule has 1 atom stereocenters. The Bertz CT molecular complexity index is 657. The van der Waals surface area contributed by atoms with E-state index in [9.17, 15) is 13.2 Å². The summed E-state index contributed by atoms with van der Waals surface area (Å²) in [5.41, 5.74) is 0.108. The zero-order valence-electron chi connectivity index (χ0n) is 11.9. The van der Waals surface area contributed by atoms with Crippen LogP contribution in [0.15, 0.2) is 17.0 Å². The normalized spacial score (nSPS) is 15.4. The standard InChI is InChI=1S/C13H18N2O5S/c1-3-8(2)15-13(16)10-6-9(21(14,17)18)7-11-12(10)20-5-4-19-11/h6-8H,3-5H2,1-2H3,(H,15,16)(H2,14,17,18). The van der Waals surface area contributed by atoms with Gasteiger partial charge < -0.3 is 14.8 Å². The first-order chi connectivity index (χ1) is 9.82. The van der Waals surface area contributed by atoms with E-state index in [1.165, 1.54) is 12.1 Å². The Labute approximate surface area is 123 Å². The lowest BCUT2D eigenvalue weighted by Gasteiger charge is -2.22. The van der Waals surface area contributed by atoms with Gasteiger partial charge in [-0.05, 0) is 19.4 Å². The molecule has 8 heteroatoms. The molecule has 1 aliphatic heterocycles. The summed E-state index contributed by atoms with van der Waals surface area (Å²) < 4.78 is 33.8. The lowest BCUT2D eigenvalue weighted by Crippen LogP contribution is -2.33. The maximum atomic E-state index is 12.3. The maximum Gasteiger partial charge on any atom is 0.255 e. The van der Waals surface area contributed by atoms with Gasteiger partial charge >= 0.3 is 0 Å².